The Hall–Kier alpha value is -1.03. The summed E-state index contributed by atoms with van der Waals surface area (Å²) in [5, 5.41) is 2.76. The van der Waals surface area contributed by atoms with Gasteiger partial charge in [0, 0.05) is 17.9 Å². The molecule has 2 nitrogen and oxygen atoms in total. The number of carbonyl (C=O) groups excluding carboxylic acids is 1. The molecule has 0 radical (unpaired) electrons. The van der Waals surface area contributed by atoms with E-state index in [2.05, 4.69) is 0 Å². The molecule has 0 spiro atoms. The van der Waals surface area contributed by atoms with Crippen LogP contribution in [0.5, 0.6) is 5.75 Å². The minimum Gasteiger partial charge on any atom is -0.496 e. The van der Waals surface area contributed by atoms with Gasteiger partial charge in [0.2, 0.25) is 0 Å². The molecule has 18 heavy (non-hydrogen) atoms. The van der Waals surface area contributed by atoms with Crippen molar-refractivity contribution in [1.82, 2.24) is 0 Å². The maximum atomic E-state index is 12.0. The van der Waals surface area contributed by atoms with Crippen molar-refractivity contribution in [3.05, 3.63) is 50.1 Å². The van der Waals surface area contributed by atoms with Gasteiger partial charge in [-0.2, -0.15) is 0 Å². The molecule has 0 aliphatic rings. The molecular formula is C13H10Cl2O2S. The lowest BCUT2D eigenvalue weighted by atomic mass is 10.1. The second-order valence-electron chi connectivity index (χ2n) is 3.70. The van der Waals surface area contributed by atoms with Crippen LogP contribution in [0.2, 0.25) is 10.0 Å². The van der Waals surface area contributed by atoms with Crippen molar-refractivity contribution in [3.8, 4) is 5.75 Å². The molecule has 0 N–H and O–H groups in total. The predicted octanol–water partition coefficient (Wildman–Crippen LogP) is 4.49. The third-order valence-corrected chi connectivity index (χ3v) is 4.12. The average molecular weight is 301 g/mol. The molecule has 0 amide bonds. The first-order chi connectivity index (χ1) is 8.60. The molecule has 2 rings (SSSR count). The van der Waals surface area contributed by atoms with E-state index in [0.717, 1.165) is 5.56 Å². The zero-order valence-electron chi connectivity index (χ0n) is 9.57. The Labute approximate surface area is 119 Å². The summed E-state index contributed by atoms with van der Waals surface area (Å²) >= 11 is 13.1. The van der Waals surface area contributed by atoms with Crippen molar-refractivity contribution in [2.75, 3.05) is 7.11 Å². The minimum atomic E-state index is 0.0432. The van der Waals surface area contributed by atoms with E-state index in [9.17, 15) is 4.79 Å². The third kappa shape index (κ3) is 3.05. The van der Waals surface area contributed by atoms with Crippen molar-refractivity contribution in [2.45, 2.75) is 6.42 Å². The number of hydrogen-bond acceptors (Lipinski definition) is 3. The van der Waals surface area contributed by atoms with Crippen molar-refractivity contribution in [1.29, 1.82) is 0 Å². The van der Waals surface area contributed by atoms with Crippen molar-refractivity contribution >= 4 is 40.3 Å². The van der Waals surface area contributed by atoms with Crippen LogP contribution in [0.4, 0.5) is 0 Å². The summed E-state index contributed by atoms with van der Waals surface area (Å²) in [6.45, 7) is 0. The number of Topliss-reactive ketones (excluding diaryl/α,β-unsaturated/α-hetero) is 1. The second-order valence-corrected chi connectivity index (χ2v) is 5.42. The zero-order valence-corrected chi connectivity index (χ0v) is 11.9. The van der Waals surface area contributed by atoms with Crippen LogP contribution in [0.15, 0.2) is 29.6 Å². The second kappa shape index (κ2) is 5.74. The number of thiophene rings is 1. The van der Waals surface area contributed by atoms with Crippen LogP contribution in [-0.2, 0) is 6.42 Å². The lowest BCUT2D eigenvalue weighted by Gasteiger charge is -2.01. The normalized spacial score (nSPS) is 10.4. The highest BCUT2D eigenvalue weighted by Crippen LogP contribution is 2.25. The Morgan fingerprint density at radius 3 is 2.67 bits per heavy atom. The number of halogens is 2. The van der Waals surface area contributed by atoms with Gasteiger partial charge in [-0.25, -0.2) is 0 Å². The monoisotopic (exact) mass is 300 g/mol. The third-order valence-electron chi connectivity index (χ3n) is 2.43. The summed E-state index contributed by atoms with van der Waals surface area (Å²) < 4.78 is 5.05. The van der Waals surface area contributed by atoms with Gasteiger partial charge in [0.25, 0.3) is 0 Å². The van der Waals surface area contributed by atoms with Crippen LogP contribution in [-0.4, -0.2) is 12.9 Å². The molecule has 0 atom stereocenters. The molecule has 0 aliphatic carbocycles. The molecule has 0 unspecified atom stereocenters. The van der Waals surface area contributed by atoms with Crippen LogP contribution in [0, 0.1) is 0 Å². The van der Waals surface area contributed by atoms with Crippen LogP contribution in [0.25, 0.3) is 0 Å². The maximum absolute atomic E-state index is 12.0. The smallest absolute Gasteiger partial charge is 0.177 e. The number of methoxy groups -OCH3 is 1. The van der Waals surface area contributed by atoms with Gasteiger partial charge in [-0.15, -0.1) is 11.3 Å². The van der Waals surface area contributed by atoms with Gasteiger partial charge >= 0.3 is 0 Å². The van der Waals surface area contributed by atoms with Gasteiger partial charge in [0.1, 0.15) is 5.75 Å². The highest BCUT2D eigenvalue weighted by Gasteiger charge is 2.11. The highest BCUT2D eigenvalue weighted by atomic mass is 35.5. The van der Waals surface area contributed by atoms with Gasteiger partial charge in [-0.3, -0.25) is 4.79 Å². The quantitative estimate of drug-likeness (QED) is 0.778. The zero-order chi connectivity index (χ0) is 13.1. The molecule has 1 aromatic carbocycles. The van der Waals surface area contributed by atoms with Crippen molar-refractivity contribution < 1.29 is 9.53 Å². The van der Waals surface area contributed by atoms with E-state index >= 15 is 0 Å². The Balaban J connectivity index is 2.13. The van der Waals surface area contributed by atoms with E-state index < -0.39 is 0 Å². The summed E-state index contributed by atoms with van der Waals surface area (Å²) in [6, 6.07) is 6.95. The lowest BCUT2D eigenvalue weighted by Crippen LogP contribution is -2.01. The molecule has 0 saturated heterocycles. The van der Waals surface area contributed by atoms with Gasteiger partial charge in [-0.05, 0) is 17.7 Å². The summed E-state index contributed by atoms with van der Waals surface area (Å²) in [5.74, 6) is 0.749. The maximum Gasteiger partial charge on any atom is 0.177 e. The number of ether oxygens (including phenoxy) is 1. The van der Waals surface area contributed by atoms with Crippen LogP contribution >= 0.6 is 34.5 Å². The predicted molar refractivity (Wildman–Crippen MR) is 75.4 cm³/mol. The molecule has 0 saturated carbocycles. The fourth-order valence-electron chi connectivity index (χ4n) is 1.49. The molecule has 1 heterocycles. The van der Waals surface area contributed by atoms with Crippen LogP contribution in [0.3, 0.4) is 0 Å². The topological polar surface area (TPSA) is 26.3 Å². The number of hydrogen-bond donors (Lipinski definition) is 0. The number of ketones is 1. The minimum absolute atomic E-state index is 0.0432. The highest BCUT2D eigenvalue weighted by molar-refractivity contribution is 7.12. The van der Waals surface area contributed by atoms with Gasteiger partial charge in [0.15, 0.2) is 5.78 Å². The molecule has 0 fully saturated rings. The first-order valence-corrected chi connectivity index (χ1v) is 6.83. The van der Waals surface area contributed by atoms with Gasteiger partial charge in [-0.1, -0.05) is 29.3 Å². The Bertz CT molecular complexity index is 578. The van der Waals surface area contributed by atoms with Gasteiger partial charge < -0.3 is 4.74 Å². The summed E-state index contributed by atoms with van der Waals surface area (Å²) in [7, 11) is 1.58. The number of carbonyl (C=O) groups is 1. The number of benzene rings is 1. The molecule has 0 bridgehead atoms. The van der Waals surface area contributed by atoms with Crippen molar-refractivity contribution in [3.63, 3.8) is 0 Å². The van der Waals surface area contributed by atoms with Gasteiger partial charge in [0.05, 0.1) is 22.0 Å². The first-order valence-electron chi connectivity index (χ1n) is 5.20. The van der Waals surface area contributed by atoms with E-state index in [-0.39, 0.29) is 5.78 Å². The molecule has 0 aliphatic heterocycles. The average Bonchev–Trinajstić information content (AvgIpc) is 2.82. The van der Waals surface area contributed by atoms with E-state index in [0.29, 0.717) is 27.1 Å². The summed E-state index contributed by atoms with van der Waals surface area (Å²) in [4.78, 5) is 12.7. The molecule has 2 aromatic rings. The first kappa shape index (κ1) is 13.4. The Morgan fingerprint density at radius 1 is 1.28 bits per heavy atom. The standard InChI is InChI=1S/C13H10Cl2O2S/c1-17-9-6-13(18-7-9)12(16)5-8-2-3-10(14)11(15)4-8/h2-4,6-7H,5H2,1H3. The Morgan fingerprint density at radius 2 is 2.06 bits per heavy atom. The van der Waals surface area contributed by atoms with Crippen molar-refractivity contribution in [2.24, 2.45) is 0 Å². The SMILES string of the molecule is COc1csc(C(=O)Cc2ccc(Cl)c(Cl)c2)c1. The van der Waals surface area contributed by atoms with E-state index in [1.165, 1.54) is 11.3 Å². The van der Waals surface area contributed by atoms with Crippen LogP contribution in [0.1, 0.15) is 15.2 Å². The number of rotatable bonds is 4. The largest absolute Gasteiger partial charge is 0.496 e. The van der Waals surface area contributed by atoms with Crippen LogP contribution < -0.4 is 4.74 Å². The fourth-order valence-corrected chi connectivity index (χ4v) is 2.61. The van der Waals surface area contributed by atoms with E-state index in [1.54, 1.807) is 31.4 Å². The summed E-state index contributed by atoms with van der Waals surface area (Å²) in [6.07, 6.45) is 0.306. The molecule has 94 valence electrons. The molecule has 1 aromatic heterocycles. The lowest BCUT2D eigenvalue weighted by molar-refractivity contribution is 0.0996. The Kier molecular flexibility index (Phi) is 4.27. The van der Waals surface area contributed by atoms with E-state index in [1.807, 2.05) is 5.38 Å². The summed E-state index contributed by atoms with van der Waals surface area (Å²) in [5.41, 5.74) is 0.849. The molecular weight excluding hydrogens is 291 g/mol. The molecule has 5 heteroatoms. The fraction of sp³-hybridized carbons (Fsp3) is 0.154. The van der Waals surface area contributed by atoms with E-state index in [4.69, 9.17) is 27.9 Å².